The lowest BCUT2D eigenvalue weighted by Crippen LogP contribution is -2.60. The summed E-state index contributed by atoms with van der Waals surface area (Å²) in [6, 6.07) is 2.85. The minimum atomic E-state index is -1.31. The van der Waals surface area contributed by atoms with Crippen molar-refractivity contribution in [2.75, 3.05) is 18.0 Å². The van der Waals surface area contributed by atoms with Crippen LogP contribution in [0.2, 0.25) is 0 Å². The molecule has 0 bridgehead atoms. The van der Waals surface area contributed by atoms with Gasteiger partial charge in [-0.3, -0.25) is 4.79 Å². The summed E-state index contributed by atoms with van der Waals surface area (Å²) >= 11 is 0. The number of carbonyl (C=O) groups is 1. The largest absolute Gasteiger partial charge is 0.477 e. The van der Waals surface area contributed by atoms with Gasteiger partial charge in [-0.15, -0.1) is 0 Å². The van der Waals surface area contributed by atoms with Crippen molar-refractivity contribution in [1.82, 2.24) is 4.57 Å². The molecule has 7 heteroatoms. The predicted molar refractivity (Wildman–Crippen MR) is 86.2 cm³/mol. The third kappa shape index (κ3) is 2.27. The number of carboxylic acids is 1. The second kappa shape index (κ2) is 4.80. The first kappa shape index (κ1) is 15.1. The maximum atomic E-state index is 14.5. The quantitative estimate of drug-likeness (QED) is 0.895. The monoisotopic (exact) mass is 332 g/mol. The number of rotatable bonds is 3. The summed E-state index contributed by atoms with van der Waals surface area (Å²) in [4.78, 5) is 25.4. The minimum Gasteiger partial charge on any atom is -0.477 e. The molecule has 2 aliphatic rings. The normalized spacial score (nSPS) is 19.4. The van der Waals surface area contributed by atoms with Gasteiger partial charge in [0.05, 0.1) is 16.8 Å². The number of anilines is 1. The number of β-amino-alcohol motifs (C(OH)–C–C–N with tert-alkyl or cyclic N) is 1. The second-order valence-corrected chi connectivity index (χ2v) is 6.99. The van der Waals surface area contributed by atoms with Gasteiger partial charge in [0.15, 0.2) is 0 Å². The third-order valence-corrected chi connectivity index (χ3v) is 4.68. The molecule has 0 amide bonds. The summed E-state index contributed by atoms with van der Waals surface area (Å²) < 4.78 is 16.3. The van der Waals surface area contributed by atoms with Crippen LogP contribution in [0.1, 0.15) is 36.2 Å². The van der Waals surface area contributed by atoms with Crippen molar-refractivity contribution in [1.29, 1.82) is 0 Å². The SMILES string of the molecule is CC1(O)CN(c2cc3c(cc2F)c(=O)c(C(=O)O)cn3C2CC2)C1. The van der Waals surface area contributed by atoms with Gasteiger partial charge < -0.3 is 19.7 Å². The average molecular weight is 332 g/mol. The molecule has 1 aliphatic carbocycles. The number of hydrogen-bond acceptors (Lipinski definition) is 4. The molecule has 0 unspecified atom stereocenters. The van der Waals surface area contributed by atoms with Crippen LogP contribution in [-0.4, -0.2) is 39.4 Å². The molecule has 6 nitrogen and oxygen atoms in total. The van der Waals surface area contributed by atoms with Crippen LogP contribution in [0.25, 0.3) is 10.9 Å². The Balaban J connectivity index is 1.93. The number of aliphatic hydroxyl groups is 1. The van der Waals surface area contributed by atoms with Crippen LogP contribution in [0.3, 0.4) is 0 Å². The van der Waals surface area contributed by atoms with E-state index in [1.165, 1.54) is 6.20 Å². The Morgan fingerprint density at radius 1 is 1.33 bits per heavy atom. The number of hydrogen-bond donors (Lipinski definition) is 2. The zero-order valence-corrected chi connectivity index (χ0v) is 13.1. The summed E-state index contributed by atoms with van der Waals surface area (Å²) in [7, 11) is 0. The van der Waals surface area contributed by atoms with E-state index in [2.05, 4.69) is 0 Å². The van der Waals surface area contributed by atoms with Gasteiger partial charge in [0, 0.05) is 30.7 Å². The van der Waals surface area contributed by atoms with Crippen LogP contribution in [0.15, 0.2) is 23.1 Å². The molecule has 0 atom stereocenters. The standard InChI is InChI=1S/C17H17FN2O4/c1-17(24)7-19(8-17)14-5-13-10(4-12(14)18)15(21)11(16(22)23)6-20(13)9-2-3-9/h4-6,9,24H,2-3,7-8H2,1H3,(H,22,23). The molecule has 1 aliphatic heterocycles. The van der Waals surface area contributed by atoms with Crippen LogP contribution in [0, 0.1) is 5.82 Å². The summed E-state index contributed by atoms with van der Waals surface area (Å²) in [5.74, 6) is -1.89. The van der Waals surface area contributed by atoms with Crippen LogP contribution < -0.4 is 10.3 Å². The Kier molecular flexibility index (Phi) is 3.02. The Bertz CT molecular complexity index is 922. The molecule has 2 aromatic rings. The molecule has 2 fully saturated rings. The number of pyridine rings is 1. The maximum Gasteiger partial charge on any atom is 0.341 e. The molecule has 1 aromatic heterocycles. The van der Waals surface area contributed by atoms with Gasteiger partial charge in [-0.2, -0.15) is 0 Å². The fraction of sp³-hybridized carbons (Fsp3) is 0.412. The minimum absolute atomic E-state index is 0.0790. The van der Waals surface area contributed by atoms with Gasteiger partial charge in [0.1, 0.15) is 11.4 Å². The van der Waals surface area contributed by atoms with Gasteiger partial charge in [-0.05, 0) is 31.9 Å². The molecule has 0 spiro atoms. The van der Waals surface area contributed by atoms with E-state index >= 15 is 0 Å². The summed E-state index contributed by atoms with van der Waals surface area (Å²) in [5, 5.41) is 19.2. The highest BCUT2D eigenvalue weighted by Crippen LogP contribution is 2.39. The lowest BCUT2D eigenvalue weighted by atomic mass is 9.95. The molecule has 2 heterocycles. The molecule has 24 heavy (non-hydrogen) atoms. The highest BCUT2D eigenvalue weighted by molar-refractivity contribution is 5.93. The maximum absolute atomic E-state index is 14.5. The smallest absolute Gasteiger partial charge is 0.341 e. The Labute approximate surface area is 136 Å². The number of aromatic carboxylic acids is 1. The van der Waals surface area contributed by atoms with Crippen LogP contribution in [0.4, 0.5) is 10.1 Å². The topological polar surface area (TPSA) is 82.8 Å². The first-order chi connectivity index (χ1) is 11.3. The summed E-state index contributed by atoms with van der Waals surface area (Å²) in [5.41, 5.74) is -0.990. The van der Waals surface area contributed by atoms with E-state index in [9.17, 15) is 24.2 Å². The van der Waals surface area contributed by atoms with E-state index in [0.717, 1.165) is 18.9 Å². The zero-order valence-electron chi connectivity index (χ0n) is 13.1. The van der Waals surface area contributed by atoms with E-state index in [1.54, 1.807) is 22.5 Å². The Morgan fingerprint density at radius 3 is 2.54 bits per heavy atom. The third-order valence-electron chi connectivity index (χ3n) is 4.68. The molecule has 1 aromatic carbocycles. The number of carboxylic acid groups (broad SMARTS) is 1. The number of benzene rings is 1. The summed E-state index contributed by atoms with van der Waals surface area (Å²) in [6.45, 7) is 2.31. The van der Waals surface area contributed by atoms with Gasteiger partial charge in [0.25, 0.3) is 0 Å². The zero-order chi connectivity index (χ0) is 17.2. The van der Waals surface area contributed by atoms with Crippen molar-refractivity contribution >= 4 is 22.6 Å². The van der Waals surface area contributed by atoms with E-state index in [4.69, 9.17) is 0 Å². The first-order valence-corrected chi connectivity index (χ1v) is 7.86. The molecular formula is C17H17FN2O4. The fourth-order valence-electron chi connectivity index (χ4n) is 3.35. The van der Waals surface area contributed by atoms with Gasteiger partial charge in [0.2, 0.25) is 5.43 Å². The van der Waals surface area contributed by atoms with E-state index in [0.29, 0.717) is 24.3 Å². The lowest BCUT2D eigenvalue weighted by molar-refractivity contribution is 0.0306. The number of nitrogens with zero attached hydrogens (tertiary/aromatic N) is 2. The van der Waals surface area contributed by atoms with Crippen LogP contribution in [-0.2, 0) is 0 Å². The van der Waals surface area contributed by atoms with Crippen molar-refractivity contribution in [3.63, 3.8) is 0 Å². The highest BCUT2D eigenvalue weighted by Gasteiger charge is 2.38. The molecule has 1 saturated heterocycles. The number of fused-ring (bicyclic) bond motifs is 1. The van der Waals surface area contributed by atoms with Crippen molar-refractivity contribution in [3.8, 4) is 0 Å². The lowest BCUT2D eigenvalue weighted by Gasteiger charge is -2.45. The van der Waals surface area contributed by atoms with Crippen LogP contribution >= 0.6 is 0 Å². The Morgan fingerprint density at radius 2 is 2.00 bits per heavy atom. The highest BCUT2D eigenvalue weighted by atomic mass is 19.1. The van der Waals surface area contributed by atoms with Crippen molar-refractivity contribution in [2.45, 2.75) is 31.4 Å². The molecule has 126 valence electrons. The van der Waals surface area contributed by atoms with E-state index in [1.807, 2.05) is 0 Å². The molecular weight excluding hydrogens is 315 g/mol. The Hall–Kier alpha value is -2.41. The van der Waals surface area contributed by atoms with Crippen molar-refractivity contribution in [2.24, 2.45) is 0 Å². The van der Waals surface area contributed by atoms with Gasteiger partial charge in [-0.1, -0.05) is 0 Å². The van der Waals surface area contributed by atoms with Crippen LogP contribution in [0.5, 0.6) is 0 Å². The average Bonchev–Trinajstić information content (AvgIpc) is 3.29. The van der Waals surface area contributed by atoms with Crippen molar-refractivity contribution in [3.05, 3.63) is 39.9 Å². The predicted octanol–water partition coefficient (Wildman–Crippen LogP) is 1.74. The molecule has 2 N–H and O–H groups in total. The van der Waals surface area contributed by atoms with Gasteiger partial charge in [-0.25, -0.2) is 9.18 Å². The van der Waals surface area contributed by atoms with E-state index < -0.39 is 22.8 Å². The molecule has 4 rings (SSSR count). The van der Waals surface area contributed by atoms with Gasteiger partial charge >= 0.3 is 5.97 Å². The number of halogens is 1. The van der Waals surface area contributed by atoms with E-state index in [-0.39, 0.29) is 17.0 Å². The number of aromatic nitrogens is 1. The first-order valence-electron chi connectivity index (χ1n) is 7.86. The molecule has 0 radical (unpaired) electrons. The second-order valence-electron chi connectivity index (χ2n) is 6.99. The summed E-state index contributed by atoms with van der Waals surface area (Å²) in [6.07, 6.45) is 3.17. The fourth-order valence-corrected chi connectivity index (χ4v) is 3.35. The van der Waals surface area contributed by atoms with Crippen molar-refractivity contribution < 1.29 is 19.4 Å². The molecule has 1 saturated carbocycles.